The Balaban J connectivity index is 2.33. The van der Waals surface area contributed by atoms with Gasteiger partial charge in [0.15, 0.2) is 11.5 Å². The van der Waals surface area contributed by atoms with Gasteiger partial charge in [-0.1, -0.05) is 17.7 Å². The van der Waals surface area contributed by atoms with E-state index in [0.29, 0.717) is 23.7 Å². The molecule has 0 unspecified atom stereocenters. The summed E-state index contributed by atoms with van der Waals surface area (Å²) in [5, 5.41) is 11.8. The molecule has 5 nitrogen and oxygen atoms in total. The minimum absolute atomic E-state index is 0.0960. The van der Waals surface area contributed by atoms with Crippen molar-refractivity contribution in [3.05, 3.63) is 58.1 Å². The minimum atomic E-state index is -4.55. The number of amides is 1. The fourth-order valence-electron chi connectivity index (χ4n) is 2.37. The molecular weight excluding hydrogens is 409 g/mol. The summed E-state index contributed by atoms with van der Waals surface area (Å²) in [6, 6.07) is 8.78. The van der Waals surface area contributed by atoms with Crippen LogP contribution >= 0.6 is 11.6 Å². The predicted molar refractivity (Wildman–Crippen MR) is 103 cm³/mol. The Morgan fingerprint density at radius 3 is 2.59 bits per heavy atom. The third kappa shape index (κ3) is 5.65. The molecule has 152 valence electrons. The van der Waals surface area contributed by atoms with Crippen molar-refractivity contribution in [1.29, 1.82) is 5.26 Å². The Bertz CT molecular complexity index is 982. The van der Waals surface area contributed by atoms with Gasteiger partial charge < -0.3 is 14.8 Å². The number of hydrogen-bond donors (Lipinski definition) is 1. The van der Waals surface area contributed by atoms with E-state index >= 15 is 0 Å². The average molecular weight is 425 g/mol. The fourth-order valence-corrected chi connectivity index (χ4v) is 2.57. The molecule has 29 heavy (non-hydrogen) atoms. The van der Waals surface area contributed by atoms with Gasteiger partial charge >= 0.3 is 6.18 Å². The first kappa shape index (κ1) is 22.1. The quantitative estimate of drug-likeness (QED) is 0.503. The van der Waals surface area contributed by atoms with E-state index in [1.165, 1.54) is 31.4 Å². The maximum atomic E-state index is 12.8. The summed E-state index contributed by atoms with van der Waals surface area (Å²) in [7, 11) is 1.42. The number of ether oxygens (including phenoxy) is 2. The molecule has 0 aromatic heterocycles. The summed E-state index contributed by atoms with van der Waals surface area (Å²) >= 11 is 6.18. The molecule has 2 aromatic rings. The lowest BCUT2D eigenvalue weighted by Gasteiger charge is -2.12. The van der Waals surface area contributed by atoms with Crippen LogP contribution < -0.4 is 14.8 Å². The first-order valence-electron chi connectivity index (χ1n) is 8.30. The number of methoxy groups -OCH3 is 1. The van der Waals surface area contributed by atoms with Crippen molar-refractivity contribution in [2.24, 2.45) is 0 Å². The van der Waals surface area contributed by atoms with Gasteiger partial charge in [0, 0.05) is 11.8 Å². The standard InChI is InChI=1S/C20H16ClF3N2O3/c1-3-29-18-10-16(21)12(8-17(18)28-2)7-13(11-25)19(27)26-15-6-4-5-14(9-15)20(22,23)24/h4-10H,3H2,1-2H3,(H,26,27)/b13-7-. The van der Waals surface area contributed by atoms with Crippen molar-refractivity contribution in [1.82, 2.24) is 0 Å². The molecule has 0 saturated carbocycles. The maximum absolute atomic E-state index is 12.8. The van der Waals surface area contributed by atoms with Crippen molar-refractivity contribution in [3.8, 4) is 17.6 Å². The van der Waals surface area contributed by atoms with Crippen LogP contribution in [0.4, 0.5) is 18.9 Å². The van der Waals surface area contributed by atoms with Gasteiger partial charge in [-0.25, -0.2) is 0 Å². The molecule has 0 aliphatic carbocycles. The van der Waals surface area contributed by atoms with Crippen molar-refractivity contribution in [3.63, 3.8) is 0 Å². The lowest BCUT2D eigenvalue weighted by Crippen LogP contribution is -2.14. The third-order valence-corrected chi connectivity index (χ3v) is 4.02. The minimum Gasteiger partial charge on any atom is -0.493 e. The van der Waals surface area contributed by atoms with E-state index in [-0.39, 0.29) is 16.3 Å². The topological polar surface area (TPSA) is 71.3 Å². The van der Waals surface area contributed by atoms with Crippen LogP contribution in [-0.4, -0.2) is 19.6 Å². The van der Waals surface area contributed by atoms with Gasteiger partial charge in [0.05, 0.1) is 24.3 Å². The number of halogens is 4. The van der Waals surface area contributed by atoms with Crippen molar-refractivity contribution in [2.75, 3.05) is 19.0 Å². The van der Waals surface area contributed by atoms with Crippen LogP contribution in [-0.2, 0) is 11.0 Å². The monoisotopic (exact) mass is 424 g/mol. The van der Waals surface area contributed by atoms with Crippen LogP contribution in [0.2, 0.25) is 5.02 Å². The van der Waals surface area contributed by atoms with Crippen LogP contribution in [0.3, 0.4) is 0 Å². The number of alkyl halides is 3. The van der Waals surface area contributed by atoms with Gasteiger partial charge in [0.1, 0.15) is 11.6 Å². The number of nitrogens with zero attached hydrogens (tertiary/aromatic N) is 1. The van der Waals surface area contributed by atoms with E-state index in [1.807, 2.05) is 0 Å². The largest absolute Gasteiger partial charge is 0.493 e. The fraction of sp³-hybridized carbons (Fsp3) is 0.200. The number of carbonyl (C=O) groups is 1. The first-order valence-corrected chi connectivity index (χ1v) is 8.68. The Labute approximate surface area is 170 Å². The van der Waals surface area contributed by atoms with Crippen molar-refractivity contribution in [2.45, 2.75) is 13.1 Å². The second kappa shape index (κ2) is 9.34. The zero-order valence-corrected chi connectivity index (χ0v) is 16.2. The zero-order chi connectivity index (χ0) is 21.6. The van der Waals surface area contributed by atoms with Gasteiger partial charge in [-0.3, -0.25) is 4.79 Å². The zero-order valence-electron chi connectivity index (χ0n) is 15.4. The number of nitrogens with one attached hydrogen (secondary N) is 1. The van der Waals surface area contributed by atoms with E-state index in [2.05, 4.69) is 5.32 Å². The number of benzene rings is 2. The second-order valence-corrected chi connectivity index (χ2v) is 6.07. The molecule has 0 atom stereocenters. The second-order valence-electron chi connectivity index (χ2n) is 5.66. The highest BCUT2D eigenvalue weighted by Crippen LogP contribution is 2.35. The van der Waals surface area contributed by atoms with Crippen LogP contribution in [0.15, 0.2) is 42.0 Å². The van der Waals surface area contributed by atoms with Gasteiger partial charge in [-0.15, -0.1) is 0 Å². The lowest BCUT2D eigenvalue weighted by molar-refractivity contribution is -0.137. The van der Waals surface area contributed by atoms with E-state index in [4.69, 9.17) is 21.1 Å². The van der Waals surface area contributed by atoms with Crippen molar-refractivity contribution < 1.29 is 27.4 Å². The highest BCUT2D eigenvalue weighted by molar-refractivity contribution is 6.32. The van der Waals surface area contributed by atoms with Gasteiger partial charge in [0.2, 0.25) is 0 Å². The molecule has 0 saturated heterocycles. The van der Waals surface area contributed by atoms with E-state index in [0.717, 1.165) is 18.2 Å². The normalized spacial score (nSPS) is 11.6. The first-order chi connectivity index (χ1) is 13.7. The molecule has 1 amide bonds. The number of carbonyl (C=O) groups excluding carboxylic acids is 1. The summed E-state index contributed by atoms with van der Waals surface area (Å²) in [6.07, 6.45) is -3.34. The molecule has 2 rings (SSSR count). The molecule has 0 aliphatic rings. The van der Waals surface area contributed by atoms with Gasteiger partial charge in [-0.2, -0.15) is 18.4 Å². The molecule has 1 N–H and O–H groups in total. The Kier molecular flexibility index (Phi) is 7.13. The van der Waals surface area contributed by atoms with Gasteiger partial charge in [0.25, 0.3) is 5.91 Å². The summed E-state index contributed by atoms with van der Waals surface area (Å²) in [5.74, 6) is -0.141. The third-order valence-electron chi connectivity index (χ3n) is 3.70. The summed E-state index contributed by atoms with van der Waals surface area (Å²) < 4.78 is 49.0. The predicted octanol–water partition coefficient (Wildman–Crippen LogP) is 5.31. The van der Waals surface area contributed by atoms with E-state index in [9.17, 15) is 23.2 Å². The number of hydrogen-bond acceptors (Lipinski definition) is 4. The molecule has 0 aliphatic heterocycles. The molecule has 0 spiro atoms. The van der Waals surface area contributed by atoms with Crippen LogP contribution in [0.5, 0.6) is 11.5 Å². The Morgan fingerprint density at radius 2 is 2.00 bits per heavy atom. The van der Waals surface area contributed by atoms with Crippen LogP contribution in [0, 0.1) is 11.3 Å². The SMILES string of the molecule is CCOc1cc(Cl)c(/C=C(/C#N)C(=O)Nc2cccc(C(F)(F)F)c2)cc1OC. The van der Waals surface area contributed by atoms with Gasteiger partial charge in [-0.05, 0) is 42.8 Å². The highest BCUT2D eigenvalue weighted by Gasteiger charge is 2.30. The lowest BCUT2D eigenvalue weighted by atomic mass is 10.1. The summed E-state index contributed by atoms with van der Waals surface area (Å²) in [6.45, 7) is 2.16. The van der Waals surface area contributed by atoms with Crippen LogP contribution in [0.25, 0.3) is 6.08 Å². The maximum Gasteiger partial charge on any atom is 0.416 e. The molecule has 0 heterocycles. The van der Waals surface area contributed by atoms with Crippen molar-refractivity contribution >= 4 is 29.3 Å². The molecule has 0 radical (unpaired) electrons. The highest BCUT2D eigenvalue weighted by atomic mass is 35.5. The summed E-state index contributed by atoms with van der Waals surface area (Å²) in [5.41, 5.74) is -1.06. The number of nitriles is 1. The van der Waals surface area contributed by atoms with E-state index < -0.39 is 17.6 Å². The molecule has 0 bridgehead atoms. The molecule has 2 aromatic carbocycles. The molecular formula is C20H16ClF3N2O3. The van der Waals surface area contributed by atoms with Crippen LogP contribution in [0.1, 0.15) is 18.1 Å². The number of rotatable bonds is 6. The number of anilines is 1. The van der Waals surface area contributed by atoms with E-state index in [1.54, 1.807) is 13.0 Å². The summed E-state index contributed by atoms with van der Waals surface area (Å²) in [4.78, 5) is 12.4. The average Bonchev–Trinajstić information content (AvgIpc) is 2.67. The molecule has 0 fully saturated rings. The smallest absolute Gasteiger partial charge is 0.416 e. The Morgan fingerprint density at radius 1 is 1.28 bits per heavy atom. The Hall–Kier alpha value is -3.18. The molecule has 9 heteroatoms.